The normalized spacial score (nSPS) is 21.3. The van der Waals surface area contributed by atoms with Crippen molar-refractivity contribution in [2.45, 2.75) is 36.1 Å². The van der Waals surface area contributed by atoms with Gasteiger partial charge < -0.3 is 0 Å². The summed E-state index contributed by atoms with van der Waals surface area (Å²) in [6.45, 7) is 7.49. The number of hydrogen-bond acceptors (Lipinski definition) is 4. The SMILES string of the molecule is Cc1cc(S(=O)(=O)N2CCSC(C)(C)CC2)sc1Br. The molecule has 1 aromatic rings. The maximum atomic E-state index is 12.6. The molecular formula is C12H18BrNO2S3. The van der Waals surface area contributed by atoms with Gasteiger partial charge in [0.15, 0.2) is 0 Å². The van der Waals surface area contributed by atoms with Crippen molar-refractivity contribution in [1.82, 2.24) is 4.31 Å². The van der Waals surface area contributed by atoms with Crippen LogP contribution >= 0.6 is 39.0 Å². The predicted octanol–water partition coefficient (Wildman–Crippen LogP) is 3.73. The minimum Gasteiger partial charge on any atom is -0.206 e. The fraction of sp³-hybridized carbons (Fsp3) is 0.667. The van der Waals surface area contributed by atoms with Gasteiger partial charge in [0.25, 0.3) is 10.0 Å². The lowest BCUT2D eigenvalue weighted by Gasteiger charge is -2.22. The van der Waals surface area contributed by atoms with Crippen LogP contribution in [0, 0.1) is 6.92 Å². The van der Waals surface area contributed by atoms with Gasteiger partial charge in [-0.15, -0.1) is 11.3 Å². The van der Waals surface area contributed by atoms with Crippen LogP contribution in [0.3, 0.4) is 0 Å². The summed E-state index contributed by atoms with van der Waals surface area (Å²) in [5.41, 5.74) is 0.980. The summed E-state index contributed by atoms with van der Waals surface area (Å²) in [5, 5.41) is 0. The molecule has 0 unspecified atom stereocenters. The molecule has 7 heteroatoms. The molecule has 2 rings (SSSR count). The third-order valence-corrected chi connectivity index (χ3v) is 9.08. The van der Waals surface area contributed by atoms with E-state index >= 15 is 0 Å². The van der Waals surface area contributed by atoms with E-state index in [0.29, 0.717) is 17.3 Å². The molecule has 0 radical (unpaired) electrons. The van der Waals surface area contributed by atoms with Crippen LogP contribution in [-0.4, -0.2) is 36.3 Å². The number of aryl methyl sites for hydroxylation is 1. The molecule has 1 aliphatic rings. The smallest absolute Gasteiger partial charge is 0.206 e. The minimum atomic E-state index is -3.33. The van der Waals surface area contributed by atoms with Crippen LogP contribution in [0.25, 0.3) is 0 Å². The average Bonchev–Trinajstić information content (AvgIpc) is 2.54. The molecule has 0 amide bonds. The van der Waals surface area contributed by atoms with Gasteiger partial charge in [0.2, 0.25) is 0 Å². The van der Waals surface area contributed by atoms with Gasteiger partial charge in [0, 0.05) is 23.6 Å². The zero-order valence-electron chi connectivity index (χ0n) is 11.3. The van der Waals surface area contributed by atoms with Crippen LogP contribution in [0.15, 0.2) is 14.1 Å². The summed E-state index contributed by atoms with van der Waals surface area (Å²) < 4.78 is 28.4. The largest absolute Gasteiger partial charge is 0.252 e. The van der Waals surface area contributed by atoms with Crippen LogP contribution in [0.1, 0.15) is 25.8 Å². The zero-order valence-corrected chi connectivity index (χ0v) is 15.3. The average molecular weight is 384 g/mol. The molecule has 1 aromatic heterocycles. The van der Waals surface area contributed by atoms with Crippen molar-refractivity contribution in [3.8, 4) is 0 Å². The van der Waals surface area contributed by atoms with Gasteiger partial charge in [0.1, 0.15) is 4.21 Å². The highest BCUT2D eigenvalue weighted by atomic mass is 79.9. The predicted molar refractivity (Wildman–Crippen MR) is 86.7 cm³/mol. The molecule has 3 nitrogen and oxygen atoms in total. The van der Waals surface area contributed by atoms with Gasteiger partial charge in [-0.2, -0.15) is 16.1 Å². The maximum Gasteiger partial charge on any atom is 0.252 e. The standard InChI is InChI=1S/C12H18BrNO2S3/c1-9-8-10(18-11(9)13)19(15,16)14-5-4-12(2,3)17-7-6-14/h8H,4-7H2,1-3H3. The van der Waals surface area contributed by atoms with Crippen molar-refractivity contribution in [3.05, 3.63) is 15.4 Å². The van der Waals surface area contributed by atoms with E-state index in [9.17, 15) is 8.42 Å². The monoisotopic (exact) mass is 383 g/mol. The number of sulfonamides is 1. The highest BCUT2D eigenvalue weighted by Crippen LogP contribution is 2.35. The third-order valence-electron chi connectivity index (χ3n) is 3.23. The second-order valence-corrected chi connectivity index (χ2v) is 11.6. The first kappa shape index (κ1) is 15.8. The second kappa shape index (κ2) is 5.67. The van der Waals surface area contributed by atoms with E-state index in [4.69, 9.17) is 0 Å². The highest BCUT2D eigenvalue weighted by molar-refractivity contribution is 9.11. The molecule has 0 atom stereocenters. The Morgan fingerprint density at radius 2 is 2.05 bits per heavy atom. The lowest BCUT2D eigenvalue weighted by Crippen LogP contribution is -2.33. The molecule has 19 heavy (non-hydrogen) atoms. The summed E-state index contributed by atoms with van der Waals surface area (Å²) in [7, 11) is -3.33. The number of thioether (sulfide) groups is 1. The molecule has 1 fully saturated rings. The number of halogens is 1. The van der Waals surface area contributed by atoms with Crippen molar-refractivity contribution in [3.63, 3.8) is 0 Å². The van der Waals surface area contributed by atoms with Crippen LogP contribution < -0.4 is 0 Å². The number of hydrogen-bond donors (Lipinski definition) is 0. The first-order valence-electron chi connectivity index (χ1n) is 6.12. The van der Waals surface area contributed by atoms with E-state index in [1.165, 1.54) is 11.3 Å². The summed E-state index contributed by atoms with van der Waals surface area (Å²) in [6, 6.07) is 1.76. The quantitative estimate of drug-likeness (QED) is 0.780. The molecule has 0 aliphatic carbocycles. The van der Waals surface area contributed by atoms with Gasteiger partial charge in [-0.1, -0.05) is 13.8 Å². The fourth-order valence-electron chi connectivity index (χ4n) is 1.93. The van der Waals surface area contributed by atoms with E-state index in [2.05, 4.69) is 29.8 Å². The van der Waals surface area contributed by atoms with E-state index in [1.54, 1.807) is 10.4 Å². The van der Waals surface area contributed by atoms with Crippen LogP contribution in [0.5, 0.6) is 0 Å². The zero-order chi connectivity index (χ0) is 14.3. The van der Waals surface area contributed by atoms with E-state index < -0.39 is 10.0 Å². The third kappa shape index (κ3) is 3.56. The van der Waals surface area contributed by atoms with Crippen LogP contribution in [-0.2, 0) is 10.0 Å². The molecule has 0 spiro atoms. The Bertz CT molecular complexity index is 546. The van der Waals surface area contributed by atoms with Gasteiger partial charge in [0.05, 0.1) is 3.79 Å². The molecule has 2 heterocycles. The van der Waals surface area contributed by atoms with E-state index in [-0.39, 0.29) is 4.75 Å². The van der Waals surface area contributed by atoms with Gasteiger partial charge in [-0.05, 0) is 40.9 Å². The second-order valence-electron chi connectivity index (χ2n) is 5.28. The van der Waals surface area contributed by atoms with Crippen LogP contribution in [0.2, 0.25) is 0 Å². The van der Waals surface area contributed by atoms with Crippen molar-refractivity contribution in [2.24, 2.45) is 0 Å². The summed E-state index contributed by atoms with van der Waals surface area (Å²) in [6.07, 6.45) is 0.891. The molecule has 0 bridgehead atoms. The van der Waals surface area contributed by atoms with Gasteiger partial charge in [-0.25, -0.2) is 8.42 Å². The first-order valence-corrected chi connectivity index (χ1v) is 10.2. The Morgan fingerprint density at radius 1 is 1.37 bits per heavy atom. The molecule has 0 N–H and O–H groups in total. The molecule has 108 valence electrons. The number of thiophene rings is 1. The first-order chi connectivity index (χ1) is 8.72. The Morgan fingerprint density at radius 3 is 2.63 bits per heavy atom. The van der Waals surface area contributed by atoms with Gasteiger partial charge >= 0.3 is 0 Å². The van der Waals surface area contributed by atoms with E-state index in [0.717, 1.165) is 21.5 Å². The molecular weight excluding hydrogens is 366 g/mol. The Hall–Kier alpha value is 0.440. The lowest BCUT2D eigenvalue weighted by atomic mass is 10.1. The number of rotatable bonds is 2. The number of nitrogens with zero attached hydrogens (tertiary/aromatic N) is 1. The summed E-state index contributed by atoms with van der Waals surface area (Å²) in [5.74, 6) is 0.859. The van der Waals surface area contributed by atoms with Crippen molar-refractivity contribution < 1.29 is 8.42 Å². The summed E-state index contributed by atoms with van der Waals surface area (Å²) in [4.78, 5) is 0. The lowest BCUT2D eigenvalue weighted by molar-refractivity contribution is 0.416. The topological polar surface area (TPSA) is 37.4 Å². The van der Waals surface area contributed by atoms with Crippen molar-refractivity contribution in [2.75, 3.05) is 18.8 Å². The Labute approximate surface area is 131 Å². The molecule has 1 aliphatic heterocycles. The summed E-state index contributed by atoms with van der Waals surface area (Å²) >= 11 is 6.55. The highest BCUT2D eigenvalue weighted by Gasteiger charge is 2.31. The molecule has 0 saturated carbocycles. The van der Waals surface area contributed by atoms with E-state index in [1.807, 2.05) is 18.7 Å². The Balaban J connectivity index is 2.25. The Kier molecular flexibility index (Phi) is 4.72. The fourth-order valence-corrected chi connectivity index (χ4v) is 6.97. The minimum absolute atomic E-state index is 0.163. The van der Waals surface area contributed by atoms with Crippen molar-refractivity contribution >= 4 is 49.1 Å². The molecule has 0 aromatic carbocycles. The van der Waals surface area contributed by atoms with Crippen molar-refractivity contribution in [1.29, 1.82) is 0 Å². The van der Waals surface area contributed by atoms with Gasteiger partial charge in [-0.3, -0.25) is 0 Å². The van der Waals surface area contributed by atoms with Crippen LogP contribution in [0.4, 0.5) is 0 Å². The maximum absolute atomic E-state index is 12.6. The molecule has 1 saturated heterocycles.